The van der Waals surface area contributed by atoms with Crippen LogP contribution in [0.15, 0.2) is 71.6 Å². The summed E-state index contributed by atoms with van der Waals surface area (Å²) in [6.07, 6.45) is 0.660. The van der Waals surface area contributed by atoms with Gasteiger partial charge in [0.25, 0.3) is 0 Å². The summed E-state index contributed by atoms with van der Waals surface area (Å²) in [4.78, 5) is 3.89. The number of halogens is 1. The van der Waals surface area contributed by atoms with Crippen molar-refractivity contribution in [3.05, 3.63) is 99.7 Å². The first-order valence-corrected chi connectivity index (χ1v) is 12.1. The van der Waals surface area contributed by atoms with E-state index in [1.54, 1.807) is 10.4 Å². The number of benzene rings is 3. The van der Waals surface area contributed by atoms with Gasteiger partial charge in [0.2, 0.25) is 10.0 Å². The van der Waals surface area contributed by atoms with Crippen LogP contribution in [-0.2, 0) is 16.4 Å². The molecule has 1 atom stereocenters. The van der Waals surface area contributed by atoms with E-state index in [2.05, 4.69) is 11.1 Å². The first-order chi connectivity index (χ1) is 14.9. The zero-order valence-corrected chi connectivity index (χ0v) is 19.0. The summed E-state index contributed by atoms with van der Waals surface area (Å²) in [6, 6.07) is 20.7. The van der Waals surface area contributed by atoms with E-state index in [9.17, 15) is 8.42 Å². The lowest BCUT2D eigenvalue weighted by atomic mass is 9.94. The summed E-state index contributed by atoms with van der Waals surface area (Å²) in [5.41, 5.74) is 5.72. The van der Waals surface area contributed by atoms with Gasteiger partial charge in [0.1, 0.15) is 0 Å². The van der Waals surface area contributed by atoms with Crippen LogP contribution in [0.1, 0.15) is 34.0 Å². The van der Waals surface area contributed by atoms with E-state index >= 15 is 0 Å². The SMILES string of the molecule is Cc1ccc(C)c(S(=O)(=O)N2CCc3c([nH]c4ccccc34)[C@@H]2c2ccc(Cl)cc2)c1. The Labute approximate surface area is 187 Å². The second kappa shape index (κ2) is 7.52. The summed E-state index contributed by atoms with van der Waals surface area (Å²) in [6.45, 7) is 4.18. The molecule has 158 valence electrons. The fraction of sp³-hybridized carbons (Fsp3) is 0.200. The maximum atomic E-state index is 13.9. The Morgan fingerprint density at radius 2 is 1.74 bits per heavy atom. The van der Waals surface area contributed by atoms with Crippen LogP contribution < -0.4 is 0 Å². The third-order valence-electron chi connectivity index (χ3n) is 6.11. The third kappa shape index (κ3) is 3.37. The van der Waals surface area contributed by atoms with Crippen molar-refractivity contribution in [3.8, 4) is 0 Å². The maximum Gasteiger partial charge on any atom is 0.244 e. The number of H-pyrrole nitrogens is 1. The Morgan fingerprint density at radius 3 is 2.52 bits per heavy atom. The van der Waals surface area contributed by atoms with Crippen LogP contribution in [0.3, 0.4) is 0 Å². The summed E-state index contributed by atoms with van der Waals surface area (Å²) in [5, 5.41) is 1.78. The Hall–Kier alpha value is -2.60. The maximum absolute atomic E-state index is 13.9. The number of nitrogens with zero attached hydrogens (tertiary/aromatic N) is 1. The van der Waals surface area contributed by atoms with Gasteiger partial charge in [0.15, 0.2) is 0 Å². The minimum atomic E-state index is -3.72. The average Bonchev–Trinajstić information content (AvgIpc) is 3.14. The first-order valence-electron chi connectivity index (χ1n) is 10.3. The van der Waals surface area contributed by atoms with Gasteiger partial charge in [-0.25, -0.2) is 8.42 Å². The number of hydrogen-bond donors (Lipinski definition) is 1. The van der Waals surface area contributed by atoms with Gasteiger partial charge in [-0.3, -0.25) is 0 Å². The molecule has 0 radical (unpaired) electrons. The molecule has 4 aromatic rings. The lowest BCUT2D eigenvalue weighted by Crippen LogP contribution is -2.40. The minimum Gasteiger partial charge on any atom is -0.357 e. The molecule has 31 heavy (non-hydrogen) atoms. The van der Waals surface area contributed by atoms with E-state index in [4.69, 9.17) is 11.6 Å². The van der Waals surface area contributed by atoms with Crippen LogP contribution in [-0.4, -0.2) is 24.3 Å². The zero-order chi connectivity index (χ0) is 21.8. The number of aromatic nitrogens is 1. The standard InChI is InChI=1S/C25H23ClN2O2S/c1-16-7-8-17(2)23(15-16)31(29,30)28-14-13-21-20-5-3-4-6-22(20)27-24(21)25(28)18-9-11-19(26)12-10-18/h3-12,15,25,27H,13-14H2,1-2H3/t25-/m0/s1. The fourth-order valence-electron chi connectivity index (χ4n) is 4.57. The smallest absolute Gasteiger partial charge is 0.244 e. The van der Waals surface area contributed by atoms with Crippen LogP contribution in [0.2, 0.25) is 5.02 Å². The molecule has 0 fully saturated rings. The van der Waals surface area contributed by atoms with Crippen molar-refractivity contribution < 1.29 is 8.42 Å². The molecule has 5 rings (SSSR count). The third-order valence-corrected chi connectivity index (χ3v) is 8.36. The molecule has 0 saturated carbocycles. The highest BCUT2D eigenvalue weighted by Crippen LogP contribution is 2.41. The molecule has 4 nitrogen and oxygen atoms in total. The molecular formula is C25H23ClN2O2S. The number of para-hydroxylation sites is 1. The van der Waals surface area contributed by atoms with E-state index < -0.39 is 16.1 Å². The number of sulfonamides is 1. The molecule has 0 amide bonds. The quantitative estimate of drug-likeness (QED) is 0.430. The Morgan fingerprint density at radius 1 is 1.00 bits per heavy atom. The summed E-state index contributed by atoms with van der Waals surface area (Å²) >= 11 is 6.14. The number of aromatic amines is 1. The molecule has 1 aliphatic rings. The van der Waals surface area contributed by atoms with Crippen molar-refractivity contribution in [1.29, 1.82) is 0 Å². The van der Waals surface area contributed by atoms with Crippen molar-refractivity contribution in [1.82, 2.24) is 9.29 Å². The van der Waals surface area contributed by atoms with Gasteiger partial charge in [-0.1, -0.05) is 54.1 Å². The van der Waals surface area contributed by atoms with Gasteiger partial charge >= 0.3 is 0 Å². The molecule has 6 heteroatoms. The first kappa shape index (κ1) is 20.3. The molecule has 2 heterocycles. The summed E-state index contributed by atoms with van der Waals surface area (Å²) < 4.78 is 29.5. The lowest BCUT2D eigenvalue weighted by molar-refractivity contribution is 0.340. The Balaban J connectivity index is 1.73. The van der Waals surface area contributed by atoms with E-state index in [1.807, 2.05) is 68.4 Å². The molecule has 3 aromatic carbocycles. The molecule has 1 aromatic heterocycles. The van der Waals surface area contributed by atoms with Crippen molar-refractivity contribution in [2.24, 2.45) is 0 Å². The Bertz CT molecular complexity index is 1390. The summed E-state index contributed by atoms with van der Waals surface area (Å²) in [5.74, 6) is 0. The van der Waals surface area contributed by atoms with Gasteiger partial charge in [-0.15, -0.1) is 0 Å². The van der Waals surface area contributed by atoms with Gasteiger partial charge in [-0.2, -0.15) is 4.31 Å². The normalized spacial score (nSPS) is 17.1. The monoisotopic (exact) mass is 450 g/mol. The number of nitrogens with one attached hydrogen (secondary N) is 1. The van der Waals surface area contributed by atoms with Crippen molar-refractivity contribution in [3.63, 3.8) is 0 Å². The number of fused-ring (bicyclic) bond motifs is 3. The van der Waals surface area contributed by atoms with Crippen LogP contribution in [0.25, 0.3) is 10.9 Å². The van der Waals surface area contributed by atoms with Gasteiger partial charge in [0, 0.05) is 28.2 Å². The largest absolute Gasteiger partial charge is 0.357 e. The van der Waals surface area contributed by atoms with Crippen LogP contribution in [0, 0.1) is 13.8 Å². The molecule has 0 bridgehead atoms. The molecule has 1 N–H and O–H groups in total. The average molecular weight is 451 g/mol. The second-order valence-corrected chi connectivity index (χ2v) is 10.4. The topological polar surface area (TPSA) is 53.2 Å². The minimum absolute atomic E-state index is 0.367. The number of aryl methyl sites for hydroxylation is 2. The molecule has 0 spiro atoms. The number of rotatable bonds is 3. The molecule has 0 saturated heterocycles. The Kier molecular flexibility index (Phi) is 4.93. The van der Waals surface area contributed by atoms with Crippen LogP contribution in [0.4, 0.5) is 0 Å². The molecule has 1 aliphatic heterocycles. The van der Waals surface area contributed by atoms with E-state index in [0.29, 0.717) is 22.9 Å². The summed E-state index contributed by atoms with van der Waals surface area (Å²) in [7, 11) is -3.72. The molecule has 0 unspecified atom stereocenters. The van der Waals surface area contributed by atoms with Crippen molar-refractivity contribution >= 4 is 32.5 Å². The fourth-order valence-corrected chi connectivity index (χ4v) is 6.59. The predicted octanol–water partition coefficient (Wildman–Crippen LogP) is 5.77. The van der Waals surface area contributed by atoms with E-state index in [1.165, 1.54) is 5.56 Å². The molecule has 0 aliphatic carbocycles. The highest BCUT2D eigenvalue weighted by atomic mass is 35.5. The predicted molar refractivity (Wildman–Crippen MR) is 125 cm³/mol. The lowest BCUT2D eigenvalue weighted by Gasteiger charge is -2.35. The van der Waals surface area contributed by atoms with Crippen molar-refractivity contribution in [2.45, 2.75) is 31.2 Å². The molecular weight excluding hydrogens is 428 g/mol. The van der Waals surface area contributed by atoms with Crippen LogP contribution >= 0.6 is 11.6 Å². The second-order valence-electron chi connectivity index (χ2n) is 8.15. The van der Waals surface area contributed by atoms with Crippen molar-refractivity contribution in [2.75, 3.05) is 6.54 Å². The number of hydrogen-bond acceptors (Lipinski definition) is 2. The zero-order valence-electron chi connectivity index (χ0n) is 17.4. The highest BCUT2D eigenvalue weighted by Gasteiger charge is 2.39. The highest BCUT2D eigenvalue weighted by molar-refractivity contribution is 7.89. The van der Waals surface area contributed by atoms with Gasteiger partial charge in [-0.05, 0) is 66.8 Å². The van der Waals surface area contributed by atoms with Gasteiger partial charge in [0.05, 0.1) is 10.9 Å². The van der Waals surface area contributed by atoms with Gasteiger partial charge < -0.3 is 4.98 Å². The van der Waals surface area contributed by atoms with E-state index in [0.717, 1.165) is 33.3 Å². The van der Waals surface area contributed by atoms with E-state index in [-0.39, 0.29) is 0 Å². The van der Waals surface area contributed by atoms with Crippen LogP contribution in [0.5, 0.6) is 0 Å².